The van der Waals surface area contributed by atoms with E-state index in [0.717, 1.165) is 4.90 Å². The molecule has 4 nitrogen and oxygen atoms in total. The van der Waals surface area contributed by atoms with Crippen molar-refractivity contribution in [3.8, 4) is 0 Å². The van der Waals surface area contributed by atoms with Crippen LogP contribution in [0.1, 0.15) is 24.2 Å². The summed E-state index contributed by atoms with van der Waals surface area (Å²) < 4.78 is 12.8. The Balaban J connectivity index is 1.88. The number of anilines is 1. The number of carbonyl (C=O) groups excluding carboxylic acids is 2. The van der Waals surface area contributed by atoms with Gasteiger partial charge in [0.05, 0.1) is 5.75 Å². The number of amides is 2. The molecule has 0 radical (unpaired) electrons. The normalized spacial score (nSPS) is 10.4. The van der Waals surface area contributed by atoms with Crippen LogP contribution in [0.3, 0.4) is 0 Å². The maximum Gasteiger partial charge on any atom is 0.253 e. The molecule has 0 fully saturated rings. The van der Waals surface area contributed by atoms with Crippen molar-refractivity contribution in [2.24, 2.45) is 0 Å². The topological polar surface area (TPSA) is 49.4 Å². The molecule has 0 aliphatic heterocycles. The number of nitrogens with one attached hydrogen (secondary N) is 1. The first-order chi connectivity index (χ1) is 12.0. The summed E-state index contributed by atoms with van der Waals surface area (Å²) in [6, 6.07) is 12.9. The standard InChI is InChI=1S/C19H21FN2O2S/c1-3-22(4-2)19(24)14-5-9-16(10-6-14)21-18(23)13-25-17-11-7-15(20)8-12-17/h5-12H,3-4,13H2,1-2H3,(H,21,23). The molecule has 2 amide bonds. The zero-order valence-electron chi connectivity index (χ0n) is 14.3. The Bertz CT molecular complexity index is 713. The smallest absolute Gasteiger partial charge is 0.253 e. The van der Waals surface area contributed by atoms with Crippen LogP contribution in [0.25, 0.3) is 0 Å². The monoisotopic (exact) mass is 360 g/mol. The van der Waals surface area contributed by atoms with E-state index in [4.69, 9.17) is 0 Å². The Hall–Kier alpha value is -2.34. The lowest BCUT2D eigenvalue weighted by molar-refractivity contribution is -0.113. The molecule has 0 atom stereocenters. The summed E-state index contributed by atoms with van der Waals surface area (Å²) in [5.41, 5.74) is 1.24. The molecule has 0 aromatic heterocycles. The number of thioether (sulfide) groups is 1. The molecule has 0 spiro atoms. The third kappa shape index (κ3) is 5.60. The van der Waals surface area contributed by atoms with E-state index in [0.29, 0.717) is 24.3 Å². The first-order valence-corrected chi connectivity index (χ1v) is 9.09. The van der Waals surface area contributed by atoms with Gasteiger partial charge in [-0.2, -0.15) is 0 Å². The van der Waals surface area contributed by atoms with E-state index >= 15 is 0 Å². The van der Waals surface area contributed by atoms with Crippen LogP contribution in [0.4, 0.5) is 10.1 Å². The van der Waals surface area contributed by atoms with E-state index in [-0.39, 0.29) is 23.4 Å². The van der Waals surface area contributed by atoms with Gasteiger partial charge >= 0.3 is 0 Å². The highest BCUT2D eigenvalue weighted by Crippen LogP contribution is 2.19. The van der Waals surface area contributed by atoms with Crippen molar-refractivity contribution >= 4 is 29.3 Å². The molecule has 0 unspecified atom stereocenters. The largest absolute Gasteiger partial charge is 0.339 e. The van der Waals surface area contributed by atoms with E-state index in [1.54, 1.807) is 41.3 Å². The van der Waals surface area contributed by atoms with Gasteiger partial charge in [-0.05, 0) is 62.4 Å². The van der Waals surface area contributed by atoms with E-state index in [2.05, 4.69) is 5.32 Å². The highest BCUT2D eigenvalue weighted by molar-refractivity contribution is 8.00. The van der Waals surface area contributed by atoms with E-state index < -0.39 is 0 Å². The minimum absolute atomic E-state index is 0.0188. The third-order valence-corrected chi connectivity index (χ3v) is 4.66. The molecule has 0 bridgehead atoms. The lowest BCUT2D eigenvalue weighted by Gasteiger charge is -2.18. The number of rotatable bonds is 7. The quantitative estimate of drug-likeness (QED) is 0.758. The molecular weight excluding hydrogens is 339 g/mol. The molecular formula is C19H21FN2O2S. The van der Waals surface area contributed by atoms with Gasteiger partial charge in [0.15, 0.2) is 0 Å². The highest BCUT2D eigenvalue weighted by Gasteiger charge is 2.12. The second-order valence-corrected chi connectivity index (χ2v) is 6.39. The van der Waals surface area contributed by atoms with E-state index in [1.807, 2.05) is 13.8 Å². The molecule has 2 aromatic rings. The van der Waals surface area contributed by atoms with Crippen molar-refractivity contribution in [3.63, 3.8) is 0 Å². The van der Waals surface area contributed by atoms with Crippen LogP contribution >= 0.6 is 11.8 Å². The summed E-state index contributed by atoms with van der Waals surface area (Å²) in [6.45, 7) is 5.20. The molecule has 2 rings (SSSR count). The van der Waals surface area contributed by atoms with Crippen LogP contribution in [-0.2, 0) is 4.79 Å². The summed E-state index contributed by atoms with van der Waals surface area (Å²) >= 11 is 1.33. The van der Waals surface area contributed by atoms with Crippen LogP contribution in [-0.4, -0.2) is 35.6 Å². The van der Waals surface area contributed by atoms with Crippen molar-refractivity contribution in [2.45, 2.75) is 18.7 Å². The average Bonchev–Trinajstić information content (AvgIpc) is 2.63. The van der Waals surface area contributed by atoms with Crippen LogP contribution in [0.15, 0.2) is 53.4 Å². The molecule has 0 aliphatic rings. The van der Waals surface area contributed by atoms with Gasteiger partial charge in [0.25, 0.3) is 5.91 Å². The molecule has 0 saturated heterocycles. The van der Waals surface area contributed by atoms with Crippen molar-refractivity contribution < 1.29 is 14.0 Å². The fraction of sp³-hybridized carbons (Fsp3) is 0.263. The summed E-state index contributed by atoms with van der Waals surface area (Å²) in [6.07, 6.45) is 0. The maximum atomic E-state index is 12.8. The summed E-state index contributed by atoms with van der Waals surface area (Å²) in [7, 11) is 0. The fourth-order valence-corrected chi connectivity index (χ4v) is 2.96. The Morgan fingerprint density at radius 3 is 2.16 bits per heavy atom. The molecule has 1 N–H and O–H groups in total. The van der Waals surface area contributed by atoms with Gasteiger partial charge in [0, 0.05) is 29.2 Å². The predicted molar refractivity (Wildman–Crippen MR) is 99.4 cm³/mol. The van der Waals surface area contributed by atoms with E-state index in [9.17, 15) is 14.0 Å². The number of nitrogens with zero attached hydrogens (tertiary/aromatic N) is 1. The Kier molecular flexibility index (Phi) is 7.01. The van der Waals surface area contributed by atoms with Crippen molar-refractivity contribution in [1.29, 1.82) is 0 Å². The van der Waals surface area contributed by atoms with Crippen LogP contribution in [0, 0.1) is 5.82 Å². The second kappa shape index (κ2) is 9.22. The van der Waals surface area contributed by atoms with Crippen LogP contribution < -0.4 is 5.32 Å². The first kappa shape index (κ1) is 19.0. The second-order valence-electron chi connectivity index (χ2n) is 5.35. The van der Waals surface area contributed by atoms with Gasteiger partial charge in [-0.1, -0.05) is 0 Å². The maximum absolute atomic E-state index is 12.8. The Morgan fingerprint density at radius 2 is 1.60 bits per heavy atom. The average molecular weight is 360 g/mol. The Morgan fingerprint density at radius 1 is 1.00 bits per heavy atom. The number of hydrogen-bond acceptors (Lipinski definition) is 3. The number of benzene rings is 2. The van der Waals surface area contributed by atoms with Crippen molar-refractivity contribution in [3.05, 3.63) is 59.9 Å². The Labute approximate surface area is 151 Å². The molecule has 0 aliphatic carbocycles. The van der Waals surface area contributed by atoms with Crippen molar-refractivity contribution in [2.75, 3.05) is 24.2 Å². The molecule has 0 heterocycles. The lowest BCUT2D eigenvalue weighted by Crippen LogP contribution is -2.30. The molecule has 0 saturated carbocycles. The van der Waals surface area contributed by atoms with Crippen LogP contribution in [0.2, 0.25) is 0 Å². The molecule has 2 aromatic carbocycles. The van der Waals surface area contributed by atoms with Gasteiger partial charge in [0.2, 0.25) is 5.91 Å². The molecule has 25 heavy (non-hydrogen) atoms. The summed E-state index contributed by atoms with van der Waals surface area (Å²) in [5, 5.41) is 2.79. The lowest BCUT2D eigenvalue weighted by atomic mass is 10.2. The minimum atomic E-state index is -0.298. The number of halogens is 1. The minimum Gasteiger partial charge on any atom is -0.339 e. The zero-order chi connectivity index (χ0) is 18.2. The molecule has 6 heteroatoms. The van der Waals surface area contributed by atoms with Gasteiger partial charge in [-0.25, -0.2) is 4.39 Å². The summed E-state index contributed by atoms with van der Waals surface area (Å²) in [4.78, 5) is 26.8. The highest BCUT2D eigenvalue weighted by atomic mass is 32.2. The third-order valence-electron chi connectivity index (χ3n) is 3.65. The van der Waals surface area contributed by atoms with E-state index in [1.165, 1.54) is 23.9 Å². The first-order valence-electron chi connectivity index (χ1n) is 8.11. The van der Waals surface area contributed by atoms with Gasteiger partial charge < -0.3 is 10.2 Å². The SMILES string of the molecule is CCN(CC)C(=O)c1ccc(NC(=O)CSc2ccc(F)cc2)cc1. The van der Waals surface area contributed by atoms with Crippen LogP contribution in [0.5, 0.6) is 0 Å². The number of carbonyl (C=O) groups is 2. The fourth-order valence-electron chi connectivity index (χ4n) is 2.27. The number of hydrogen-bond donors (Lipinski definition) is 1. The summed E-state index contributed by atoms with van der Waals surface area (Å²) in [5.74, 6) is -0.244. The molecule has 132 valence electrons. The van der Waals surface area contributed by atoms with Gasteiger partial charge in [-0.3, -0.25) is 9.59 Å². The van der Waals surface area contributed by atoms with Crippen molar-refractivity contribution in [1.82, 2.24) is 4.90 Å². The van der Waals surface area contributed by atoms with Gasteiger partial charge in [0.1, 0.15) is 5.82 Å². The predicted octanol–water partition coefficient (Wildman–Crippen LogP) is 4.04. The van der Waals surface area contributed by atoms with Gasteiger partial charge in [-0.15, -0.1) is 11.8 Å². The zero-order valence-corrected chi connectivity index (χ0v) is 15.1.